The van der Waals surface area contributed by atoms with E-state index >= 15 is 0 Å². The van der Waals surface area contributed by atoms with Crippen LogP contribution >= 0.6 is 11.6 Å². The molecule has 0 saturated heterocycles. The zero-order chi connectivity index (χ0) is 14.5. The molecule has 1 aromatic heterocycles. The maximum Gasteiger partial charge on any atom is 0.0841 e. The standard InChI is InChI=1S/C16H24ClN3/c1-4-12(5-2)14(17)10-18-11-15-13-8-6-7-9-16(13)20(3)19-15/h6-9,12,14,18H,4-5,10-11H2,1-3H3. The van der Waals surface area contributed by atoms with Crippen molar-refractivity contribution in [3.8, 4) is 0 Å². The van der Waals surface area contributed by atoms with Gasteiger partial charge in [-0.2, -0.15) is 5.10 Å². The maximum absolute atomic E-state index is 6.45. The molecule has 0 radical (unpaired) electrons. The summed E-state index contributed by atoms with van der Waals surface area (Å²) in [5.74, 6) is 0.588. The largest absolute Gasteiger partial charge is 0.310 e. The van der Waals surface area contributed by atoms with Gasteiger partial charge in [0.2, 0.25) is 0 Å². The van der Waals surface area contributed by atoms with Gasteiger partial charge in [0.05, 0.1) is 11.2 Å². The predicted molar refractivity (Wildman–Crippen MR) is 86.1 cm³/mol. The minimum absolute atomic E-state index is 0.194. The second-order valence-corrected chi connectivity index (χ2v) is 5.87. The number of hydrogen-bond acceptors (Lipinski definition) is 2. The SMILES string of the molecule is CCC(CC)C(Cl)CNCc1nn(C)c2ccccc12. The number of alkyl halides is 1. The van der Waals surface area contributed by atoms with Gasteiger partial charge in [0.25, 0.3) is 0 Å². The number of nitrogens with zero attached hydrogens (tertiary/aromatic N) is 2. The van der Waals surface area contributed by atoms with Gasteiger partial charge in [-0.25, -0.2) is 0 Å². The Labute approximate surface area is 126 Å². The zero-order valence-corrected chi connectivity index (χ0v) is 13.3. The van der Waals surface area contributed by atoms with Crippen LogP contribution in [0.2, 0.25) is 0 Å². The van der Waals surface area contributed by atoms with Crippen molar-refractivity contribution in [3.05, 3.63) is 30.0 Å². The quantitative estimate of drug-likeness (QED) is 0.789. The minimum atomic E-state index is 0.194. The van der Waals surface area contributed by atoms with Gasteiger partial charge in [-0.15, -0.1) is 11.6 Å². The van der Waals surface area contributed by atoms with Crippen LogP contribution in [0.15, 0.2) is 24.3 Å². The Balaban J connectivity index is 1.96. The van der Waals surface area contributed by atoms with E-state index in [2.05, 4.69) is 42.5 Å². The molecule has 1 atom stereocenters. The molecule has 0 aliphatic heterocycles. The molecule has 20 heavy (non-hydrogen) atoms. The second-order valence-electron chi connectivity index (χ2n) is 5.31. The molecular weight excluding hydrogens is 270 g/mol. The number of nitrogens with one attached hydrogen (secondary N) is 1. The lowest BCUT2D eigenvalue weighted by molar-refractivity contribution is 0.445. The third-order valence-electron chi connectivity index (χ3n) is 4.03. The molecule has 0 saturated carbocycles. The van der Waals surface area contributed by atoms with Crippen molar-refractivity contribution in [1.82, 2.24) is 15.1 Å². The lowest BCUT2D eigenvalue weighted by Gasteiger charge is -2.19. The predicted octanol–water partition coefficient (Wildman–Crippen LogP) is 3.71. The number of fused-ring (bicyclic) bond motifs is 1. The number of halogens is 1. The highest BCUT2D eigenvalue weighted by atomic mass is 35.5. The van der Waals surface area contributed by atoms with Crippen LogP contribution in [-0.2, 0) is 13.6 Å². The van der Waals surface area contributed by atoms with Gasteiger partial charge < -0.3 is 5.32 Å². The van der Waals surface area contributed by atoms with Crippen molar-refractivity contribution >= 4 is 22.5 Å². The van der Waals surface area contributed by atoms with E-state index in [1.165, 1.54) is 10.9 Å². The zero-order valence-electron chi connectivity index (χ0n) is 12.6. The van der Waals surface area contributed by atoms with Gasteiger partial charge in [-0.1, -0.05) is 44.9 Å². The summed E-state index contributed by atoms with van der Waals surface area (Å²) in [6.07, 6.45) is 2.28. The highest BCUT2D eigenvalue weighted by Crippen LogP contribution is 2.19. The highest BCUT2D eigenvalue weighted by molar-refractivity contribution is 6.21. The van der Waals surface area contributed by atoms with E-state index in [1.54, 1.807) is 0 Å². The van der Waals surface area contributed by atoms with E-state index in [0.717, 1.165) is 31.6 Å². The monoisotopic (exact) mass is 293 g/mol. The Morgan fingerprint density at radius 1 is 1.25 bits per heavy atom. The van der Waals surface area contributed by atoms with Crippen molar-refractivity contribution in [2.75, 3.05) is 6.54 Å². The first kappa shape index (κ1) is 15.3. The smallest absolute Gasteiger partial charge is 0.0841 e. The number of rotatable bonds is 7. The van der Waals surface area contributed by atoms with Crippen molar-refractivity contribution in [2.45, 2.75) is 38.6 Å². The summed E-state index contributed by atoms with van der Waals surface area (Å²) in [6, 6.07) is 8.32. The number of benzene rings is 1. The number of para-hydroxylation sites is 1. The van der Waals surface area contributed by atoms with E-state index in [1.807, 2.05) is 17.8 Å². The van der Waals surface area contributed by atoms with Crippen LogP contribution in [-0.4, -0.2) is 21.7 Å². The molecule has 1 heterocycles. The molecule has 1 unspecified atom stereocenters. The molecule has 2 aromatic rings. The van der Waals surface area contributed by atoms with Crippen LogP contribution in [0.4, 0.5) is 0 Å². The van der Waals surface area contributed by atoms with Gasteiger partial charge in [-0.05, 0) is 12.0 Å². The molecule has 0 amide bonds. The van der Waals surface area contributed by atoms with Crippen molar-refractivity contribution in [1.29, 1.82) is 0 Å². The fraction of sp³-hybridized carbons (Fsp3) is 0.562. The molecule has 1 aromatic carbocycles. The van der Waals surface area contributed by atoms with Crippen molar-refractivity contribution < 1.29 is 0 Å². The van der Waals surface area contributed by atoms with Crippen LogP contribution < -0.4 is 5.32 Å². The fourth-order valence-corrected chi connectivity index (χ4v) is 3.18. The van der Waals surface area contributed by atoms with E-state index in [0.29, 0.717) is 5.92 Å². The van der Waals surface area contributed by atoms with Crippen LogP contribution in [0, 0.1) is 5.92 Å². The summed E-state index contributed by atoms with van der Waals surface area (Å²) in [4.78, 5) is 0. The van der Waals surface area contributed by atoms with E-state index in [-0.39, 0.29) is 5.38 Å². The third kappa shape index (κ3) is 3.33. The minimum Gasteiger partial charge on any atom is -0.310 e. The molecule has 0 bridgehead atoms. The molecule has 3 nitrogen and oxygen atoms in total. The van der Waals surface area contributed by atoms with E-state index in [4.69, 9.17) is 11.6 Å². The third-order valence-corrected chi connectivity index (χ3v) is 4.54. The first-order valence-corrected chi connectivity index (χ1v) is 7.86. The van der Waals surface area contributed by atoms with Crippen LogP contribution in [0.1, 0.15) is 32.4 Å². The molecule has 0 fully saturated rings. The molecule has 0 spiro atoms. The van der Waals surface area contributed by atoms with Gasteiger partial charge in [-0.3, -0.25) is 4.68 Å². The number of aromatic nitrogens is 2. The van der Waals surface area contributed by atoms with Gasteiger partial charge in [0, 0.05) is 30.9 Å². The second kappa shape index (κ2) is 7.09. The molecular formula is C16H24ClN3. The van der Waals surface area contributed by atoms with Crippen molar-refractivity contribution in [3.63, 3.8) is 0 Å². The first-order valence-electron chi connectivity index (χ1n) is 7.42. The average Bonchev–Trinajstić information content (AvgIpc) is 2.78. The summed E-state index contributed by atoms with van der Waals surface area (Å²) in [5.41, 5.74) is 2.27. The fourth-order valence-electron chi connectivity index (χ4n) is 2.71. The lowest BCUT2D eigenvalue weighted by atomic mass is 9.99. The summed E-state index contributed by atoms with van der Waals surface area (Å²) >= 11 is 6.45. The van der Waals surface area contributed by atoms with E-state index in [9.17, 15) is 0 Å². The maximum atomic E-state index is 6.45. The van der Waals surface area contributed by atoms with E-state index < -0.39 is 0 Å². The molecule has 1 N–H and O–H groups in total. The average molecular weight is 294 g/mol. The summed E-state index contributed by atoms with van der Waals surface area (Å²) in [7, 11) is 1.99. The number of hydrogen-bond donors (Lipinski definition) is 1. The van der Waals surface area contributed by atoms with Crippen LogP contribution in [0.25, 0.3) is 10.9 Å². The summed E-state index contributed by atoms with van der Waals surface area (Å²) in [6.45, 7) is 6.01. The molecule has 110 valence electrons. The van der Waals surface area contributed by atoms with Crippen LogP contribution in [0.5, 0.6) is 0 Å². The summed E-state index contributed by atoms with van der Waals surface area (Å²) in [5, 5.41) is 9.44. The summed E-state index contributed by atoms with van der Waals surface area (Å²) < 4.78 is 1.94. The Kier molecular flexibility index (Phi) is 5.44. The topological polar surface area (TPSA) is 29.9 Å². The normalized spacial score (nSPS) is 13.2. The number of aryl methyl sites for hydroxylation is 1. The Morgan fingerprint density at radius 3 is 2.65 bits per heavy atom. The molecule has 0 aliphatic rings. The molecule has 0 aliphatic carbocycles. The van der Waals surface area contributed by atoms with Gasteiger partial charge in [0.1, 0.15) is 0 Å². The van der Waals surface area contributed by atoms with Gasteiger partial charge >= 0.3 is 0 Å². The Morgan fingerprint density at radius 2 is 1.95 bits per heavy atom. The molecule has 2 rings (SSSR count). The Bertz CT molecular complexity index is 546. The van der Waals surface area contributed by atoms with Crippen LogP contribution in [0.3, 0.4) is 0 Å². The lowest BCUT2D eigenvalue weighted by Crippen LogP contribution is -2.28. The highest BCUT2D eigenvalue weighted by Gasteiger charge is 2.15. The Hall–Kier alpha value is -1.06. The first-order chi connectivity index (χ1) is 9.67. The van der Waals surface area contributed by atoms with Gasteiger partial charge in [0.15, 0.2) is 0 Å². The molecule has 4 heteroatoms. The van der Waals surface area contributed by atoms with Crippen molar-refractivity contribution in [2.24, 2.45) is 13.0 Å².